The van der Waals surface area contributed by atoms with E-state index in [1.54, 1.807) is 6.92 Å². The molecule has 0 aromatic heterocycles. The Hall–Kier alpha value is -1.63. The van der Waals surface area contributed by atoms with Crippen LogP contribution in [0.4, 0.5) is 22.0 Å². The van der Waals surface area contributed by atoms with Gasteiger partial charge in [0.25, 0.3) is 0 Å². The van der Waals surface area contributed by atoms with Crippen LogP contribution in [0.3, 0.4) is 0 Å². The highest BCUT2D eigenvalue weighted by Gasteiger charge is 2.79. The third-order valence-corrected chi connectivity index (χ3v) is 11.4. The lowest BCUT2D eigenvalue weighted by Gasteiger charge is -2.58. The third-order valence-electron chi connectivity index (χ3n) is 11.4. The summed E-state index contributed by atoms with van der Waals surface area (Å²) in [6, 6.07) is 7.26. The van der Waals surface area contributed by atoms with Gasteiger partial charge in [0.15, 0.2) is 18.4 Å². The van der Waals surface area contributed by atoms with Gasteiger partial charge in [0, 0.05) is 44.0 Å². The number of rotatable bonds is 5. The Morgan fingerprint density at radius 3 is 2.10 bits per heavy atom. The van der Waals surface area contributed by atoms with Gasteiger partial charge in [-0.05, 0) is 68.4 Å². The van der Waals surface area contributed by atoms with Crippen LogP contribution in [0.25, 0.3) is 0 Å². The summed E-state index contributed by atoms with van der Waals surface area (Å²) >= 11 is 0. The Morgan fingerprint density at radius 2 is 1.52 bits per heavy atom. The van der Waals surface area contributed by atoms with Crippen molar-refractivity contribution < 1.29 is 51.1 Å². The summed E-state index contributed by atoms with van der Waals surface area (Å²) in [5, 5.41) is 23.5. The van der Waals surface area contributed by atoms with E-state index in [-0.39, 0.29) is 31.5 Å². The smallest absolute Gasteiger partial charge is 0.385 e. The molecular weight excluding hydrogens is 563 g/mol. The number of halogens is 5. The highest BCUT2D eigenvalue weighted by molar-refractivity contribution is 5.45. The first-order valence-electron chi connectivity index (χ1n) is 14.7. The number of fused-ring (bicyclic) bond motifs is 4. The van der Waals surface area contributed by atoms with Crippen molar-refractivity contribution >= 4 is 0 Å². The standard InChI is InChI=1S/C31H39F5O6/c1-17-41-25(42-17)19-7-5-18(6-8-19)21-15-26(2)22(11-14-29(26,38)30(32,33)31(34,35)36)20-9-12-27(37)16-28(39-3,40-4)13-10-23(27)24(20)21/h5-8,17,20-22,25,37-38H,9-16H2,1-4H3/t17?,20-,21+,22-,25?,26-,27+,29-/m0/s1. The molecule has 1 aromatic carbocycles. The molecule has 42 heavy (non-hydrogen) atoms. The number of allylic oxidation sites excluding steroid dienone is 1. The number of aliphatic hydroxyl groups is 2. The second-order valence-electron chi connectivity index (χ2n) is 13.2. The molecule has 234 valence electrons. The van der Waals surface area contributed by atoms with Crippen LogP contribution in [0.5, 0.6) is 0 Å². The van der Waals surface area contributed by atoms with Gasteiger partial charge in [-0.25, -0.2) is 0 Å². The zero-order valence-corrected chi connectivity index (χ0v) is 24.3. The minimum absolute atomic E-state index is 0.0405. The lowest BCUT2D eigenvalue weighted by Crippen LogP contribution is -2.65. The minimum atomic E-state index is -5.89. The molecule has 1 aliphatic heterocycles. The van der Waals surface area contributed by atoms with Gasteiger partial charge in [0.2, 0.25) is 0 Å². The fraction of sp³-hybridized carbons (Fsp3) is 0.742. The zero-order chi connectivity index (χ0) is 30.5. The molecule has 1 aromatic rings. The molecule has 4 aliphatic carbocycles. The molecule has 2 N–H and O–H groups in total. The van der Waals surface area contributed by atoms with Crippen molar-refractivity contribution in [2.24, 2.45) is 17.3 Å². The van der Waals surface area contributed by atoms with Crippen LogP contribution >= 0.6 is 0 Å². The fourth-order valence-electron chi connectivity index (χ4n) is 9.16. The Labute approximate surface area is 242 Å². The molecule has 3 saturated carbocycles. The number of ether oxygens (including phenoxy) is 4. The summed E-state index contributed by atoms with van der Waals surface area (Å²) in [6.45, 7) is 3.18. The van der Waals surface area contributed by atoms with Crippen molar-refractivity contribution in [1.29, 1.82) is 0 Å². The highest BCUT2D eigenvalue weighted by Crippen LogP contribution is 2.71. The van der Waals surface area contributed by atoms with Gasteiger partial charge < -0.3 is 29.2 Å². The highest BCUT2D eigenvalue weighted by atomic mass is 19.4. The van der Waals surface area contributed by atoms with Gasteiger partial charge in [-0.1, -0.05) is 36.8 Å². The predicted octanol–water partition coefficient (Wildman–Crippen LogP) is 6.52. The lowest BCUT2D eigenvalue weighted by atomic mass is 9.49. The molecule has 1 heterocycles. The van der Waals surface area contributed by atoms with Gasteiger partial charge in [0.05, 0.1) is 5.60 Å². The molecule has 0 radical (unpaired) electrons. The van der Waals surface area contributed by atoms with Gasteiger partial charge in [-0.2, -0.15) is 22.0 Å². The Morgan fingerprint density at radius 1 is 0.905 bits per heavy atom. The van der Waals surface area contributed by atoms with Crippen LogP contribution in [0.15, 0.2) is 35.4 Å². The second-order valence-corrected chi connectivity index (χ2v) is 13.2. The van der Waals surface area contributed by atoms with Crippen LogP contribution < -0.4 is 0 Å². The van der Waals surface area contributed by atoms with E-state index in [2.05, 4.69) is 0 Å². The number of hydrogen-bond donors (Lipinski definition) is 2. The molecule has 11 heteroatoms. The van der Waals surface area contributed by atoms with E-state index < -0.39 is 59.0 Å². The monoisotopic (exact) mass is 602 g/mol. The fourth-order valence-corrected chi connectivity index (χ4v) is 9.16. The number of hydrogen-bond acceptors (Lipinski definition) is 6. The molecular formula is C31H39F5O6. The summed E-state index contributed by atoms with van der Waals surface area (Å²) in [5.41, 5.74) is -3.07. The summed E-state index contributed by atoms with van der Waals surface area (Å²) in [7, 11) is 3.06. The first-order valence-corrected chi connectivity index (χ1v) is 14.7. The molecule has 5 aliphatic rings. The van der Waals surface area contributed by atoms with E-state index >= 15 is 8.78 Å². The van der Waals surface area contributed by atoms with Crippen molar-refractivity contribution in [3.8, 4) is 0 Å². The van der Waals surface area contributed by atoms with Crippen LogP contribution in [0.1, 0.15) is 88.5 Å². The zero-order valence-electron chi connectivity index (χ0n) is 24.3. The summed E-state index contributed by atoms with van der Waals surface area (Å²) in [4.78, 5) is 0. The van der Waals surface area contributed by atoms with Crippen molar-refractivity contribution in [3.05, 3.63) is 46.5 Å². The van der Waals surface area contributed by atoms with E-state index in [4.69, 9.17) is 18.9 Å². The van der Waals surface area contributed by atoms with Gasteiger partial charge in [-0.3, -0.25) is 0 Å². The normalized spacial score (nSPS) is 41.5. The lowest BCUT2D eigenvalue weighted by molar-refractivity contribution is -0.382. The van der Waals surface area contributed by atoms with Crippen LogP contribution in [-0.4, -0.2) is 59.8 Å². The number of benzene rings is 1. The maximum absolute atomic E-state index is 15.2. The quantitative estimate of drug-likeness (QED) is 0.227. The van der Waals surface area contributed by atoms with Crippen LogP contribution in [0, 0.1) is 17.3 Å². The summed E-state index contributed by atoms with van der Waals surface area (Å²) in [5.74, 6) is -7.81. The van der Waals surface area contributed by atoms with E-state index in [0.717, 1.165) is 22.3 Å². The largest absolute Gasteiger partial charge is 0.456 e. The average Bonchev–Trinajstić information content (AvgIpc) is 3.21. The van der Waals surface area contributed by atoms with E-state index in [0.29, 0.717) is 25.7 Å². The maximum Gasteiger partial charge on any atom is 0.456 e. The molecule has 6 rings (SSSR count). The van der Waals surface area contributed by atoms with E-state index in [9.17, 15) is 23.4 Å². The van der Waals surface area contributed by atoms with Gasteiger partial charge >= 0.3 is 12.1 Å². The molecule has 0 unspecified atom stereocenters. The minimum Gasteiger partial charge on any atom is -0.385 e. The third kappa shape index (κ3) is 4.10. The Balaban J connectivity index is 1.47. The predicted molar refractivity (Wildman–Crippen MR) is 140 cm³/mol. The van der Waals surface area contributed by atoms with Crippen molar-refractivity contribution in [2.45, 2.75) is 113 Å². The first-order chi connectivity index (χ1) is 19.5. The maximum atomic E-state index is 15.2. The average molecular weight is 603 g/mol. The topological polar surface area (TPSA) is 77.4 Å². The van der Waals surface area contributed by atoms with E-state index in [1.807, 2.05) is 24.3 Å². The first kappa shape index (κ1) is 30.4. The SMILES string of the molecule is COC1(OC)CCC2=C3[C@@H](CC[C@@]2(O)C1)[C@@H]1CC[C@@](O)(C(F)(F)C(F)(F)F)[C@@]1(C)C[C@@H]3c1ccc(C2OC(C)O2)cc1. The number of alkyl halides is 5. The molecule has 1 saturated heterocycles. The van der Waals surface area contributed by atoms with Crippen LogP contribution in [-0.2, 0) is 18.9 Å². The second kappa shape index (κ2) is 9.68. The molecule has 4 fully saturated rings. The van der Waals surface area contributed by atoms with Crippen molar-refractivity contribution in [1.82, 2.24) is 0 Å². The molecule has 6 atom stereocenters. The van der Waals surface area contributed by atoms with Crippen LogP contribution in [0.2, 0.25) is 0 Å². The summed E-state index contributed by atoms with van der Waals surface area (Å²) < 4.78 is 94.4. The van der Waals surface area contributed by atoms with E-state index in [1.165, 1.54) is 21.1 Å². The Kier molecular flexibility index (Phi) is 7.01. The summed E-state index contributed by atoms with van der Waals surface area (Å²) in [6.07, 6.45) is -5.70. The molecule has 0 bridgehead atoms. The number of methoxy groups -OCH3 is 2. The van der Waals surface area contributed by atoms with Crippen molar-refractivity contribution in [3.63, 3.8) is 0 Å². The Bertz CT molecular complexity index is 1240. The molecule has 6 nitrogen and oxygen atoms in total. The molecule has 0 amide bonds. The molecule has 0 spiro atoms. The van der Waals surface area contributed by atoms with Crippen molar-refractivity contribution in [2.75, 3.05) is 14.2 Å². The van der Waals surface area contributed by atoms with Gasteiger partial charge in [0.1, 0.15) is 5.60 Å². The van der Waals surface area contributed by atoms with Gasteiger partial charge in [-0.15, -0.1) is 0 Å².